The number of benzene rings is 2. The van der Waals surface area contributed by atoms with Crippen molar-refractivity contribution in [1.82, 2.24) is 0 Å². The van der Waals surface area contributed by atoms with Gasteiger partial charge in [0.2, 0.25) is 0 Å². The van der Waals surface area contributed by atoms with Crippen molar-refractivity contribution in [1.29, 1.82) is 0 Å². The van der Waals surface area contributed by atoms with E-state index in [2.05, 4.69) is 26.0 Å². The Morgan fingerprint density at radius 2 is 1.82 bits per heavy atom. The summed E-state index contributed by atoms with van der Waals surface area (Å²) in [7, 11) is 0. The maximum absolute atomic E-state index is 11.5. The highest BCUT2D eigenvalue weighted by Gasteiger charge is 2.14. The minimum absolute atomic E-state index is 0.141. The fourth-order valence-corrected chi connectivity index (χ4v) is 3.08. The number of aliphatic hydroxyl groups excluding tert-OH is 1. The SMILES string of the molecule is CC(C)Cc1cccc(-c2ccc(C(N)O)c(S(=O)O)c2)c1. The molecule has 2 aromatic rings. The monoisotopic (exact) mass is 319 g/mol. The lowest BCUT2D eigenvalue weighted by molar-refractivity contribution is 0.183. The molecule has 4 nitrogen and oxygen atoms in total. The van der Waals surface area contributed by atoms with Gasteiger partial charge in [0.1, 0.15) is 6.23 Å². The molecule has 0 bridgehead atoms. The molecule has 0 radical (unpaired) electrons. The summed E-state index contributed by atoms with van der Waals surface area (Å²) in [5, 5.41) is 9.49. The lowest BCUT2D eigenvalue weighted by Gasteiger charge is -2.12. The van der Waals surface area contributed by atoms with Gasteiger partial charge in [0.15, 0.2) is 11.1 Å². The molecule has 0 heterocycles. The number of rotatable bonds is 5. The summed E-state index contributed by atoms with van der Waals surface area (Å²) < 4.78 is 20.9. The number of hydrogen-bond donors (Lipinski definition) is 3. The van der Waals surface area contributed by atoms with Crippen molar-refractivity contribution in [3.63, 3.8) is 0 Å². The zero-order chi connectivity index (χ0) is 16.3. The highest BCUT2D eigenvalue weighted by atomic mass is 32.2. The second-order valence-electron chi connectivity index (χ2n) is 5.74. The summed E-state index contributed by atoms with van der Waals surface area (Å²) >= 11 is -2.20. The lowest BCUT2D eigenvalue weighted by Crippen LogP contribution is -2.12. The van der Waals surface area contributed by atoms with Crippen molar-refractivity contribution in [2.45, 2.75) is 31.4 Å². The number of nitrogens with two attached hydrogens (primary N) is 1. The molecule has 0 saturated heterocycles. The van der Waals surface area contributed by atoms with Crippen molar-refractivity contribution in [2.24, 2.45) is 11.7 Å². The molecule has 0 aliphatic heterocycles. The molecule has 0 aliphatic rings. The molecule has 2 rings (SSSR count). The minimum atomic E-state index is -2.20. The van der Waals surface area contributed by atoms with E-state index in [0.717, 1.165) is 17.5 Å². The Morgan fingerprint density at radius 3 is 2.41 bits per heavy atom. The molecule has 5 heteroatoms. The smallest absolute Gasteiger partial charge is 0.186 e. The largest absolute Gasteiger partial charge is 0.374 e. The minimum Gasteiger partial charge on any atom is -0.374 e. The lowest BCUT2D eigenvalue weighted by atomic mass is 9.97. The van der Waals surface area contributed by atoms with E-state index in [1.54, 1.807) is 18.2 Å². The summed E-state index contributed by atoms with van der Waals surface area (Å²) in [4.78, 5) is 0.141. The zero-order valence-corrected chi connectivity index (χ0v) is 13.5. The van der Waals surface area contributed by atoms with Gasteiger partial charge in [-0.15, -0.1) is 0 Å². The van der Waals surface area contributed by atoms with Crippen LogP contribution in [0.5, 0.6) is 0 Å². The Kier molecular flexibility index (Phi) is 5.47. The van der Waals surface area contributed by atoms with Gasteiger partial charge >= 0.3 is 0 Å². The Labute approximate surface area is 133 Å². The van der Waals surface area contributed by atoms with Gasteiger partial charge in [-0.05, 0) is 35.1 Å². The molecular formula is C17H21NO3S. The second kappa shape index (κ2) is 7.15. The average molecular weight is 319 g/mol. The molecular weight excluding hydrogens is 298 g/mol. The molecule has 22 heavy (non-hydrogen) atoms. The number of aliphatic hydroxyl groups is 1. The van der Waals surface area contributed by atoms with Crippen LogP contribution < -0.4 is 5.73 Å². The van der Waals surface area contributed by atoms with Crippen LogP contribution in [0.1, 0.15) is 31.2 Å². The van der Waals surface area contributed by atoms with Gasteiger partial charge < -0.3 is 15.4 Å². The van der Waals surface area contributed by atoms with E-state index >= 15 is 0 Å². The first-order chi connectivity index (χ1) is 10.4. The van der Waals surface area contributed by atoms with Crippen LogP contribution in [0, 0.1) is 5.92 Å². The van der Waals surface area contributed by atoms with E-state index in [1.807, 2.05) is 12.1 Å². The fraction of sp³-hybridized carbons (Fsp3) is 0.294. The Hall–Kier alpha value is -1.53. The molecule has 0 amide bonds. The van der Waals surface area contributed by atoms with Crippen LogP contribution in [0.25, 0.3) is 11.1 Å². The van der Waals surface area contributed by atoms with Gasteiger partial charge in [0.05, 0.1) is 4.90 Å². The van der Waals surface area contributed by atoms with Crippen LogP contribution >= 0.6 is 0 Å². The summed E-state index contributed by atoms with van der Waals surface area (Å²) in [5.41, 5.74) is 8.72. The second-order valence-corrected chi connectivity index (χ2v) is 6.68. The maximum atomic E-state index is 11.5. The van der Waals surface area contributed by atoms with Gasteiger partial charge in [0, 0.05) is 5.56 Å². The first-order valence-corrected chi connectivity index (χ1v) is 8.27. The van der Waals surface area contributed by atoms with Crippen LogP contribution in [0.3, 0.4) is 0 Å². The molecule has 2 atom stereocenters. The summed E-state index contributed by atoms with van der Waals surface area (Å²) in [6.07, 6.45) is -0.293. The van der Waals surface area contributed by atoms with E-state index in [-0.39, 0.29) is 10.5 Å². The van der Waals surface area contributed by atoms with Gasteiger partial charge in [-0.1, -0.05) is 50.2 Å². The first-order valence-electron chi connectivity index (χ1n) is 7.16. The molecule has 0 saturated carbocycles. The fourth-order valence-electron chi connectivity index (χ4n) is 2.46. The van der Waals surface area contributed by atoms with E-state index in [0.29, 0.717) is 5.92 Å². The predicted molar refractivity (Wildman–Crippen MR) is 88.6 cm³/mol. The van der Waals surface area contributed by atoms with Crippen molar-refractivity contribution < 1.29 is 13.9 Å². The summed E-state index contributed by atoms with van der Waals surface area (Å²) in [6, 6.07) is 13.1. The topological polar surface area (TPSA) is 83.5 Å². The van der Waals surface area contributed by atoms with Crippen LogP contribution in [0.15, 0.2) is 47.4 Å². The molecule has 2 aromatic carbocycles. The van der Waals surface area contributed by atoms with E-state index in [4.69, 9.17) is 5.73 Å². The maximum Gasteiger partial charge on any atom is 0.186 e. The number of hydrogen-bond acceptors (Lipinski definition) is 3. The van der Waals surface area contributed by atoms with Crippen LogP contribution in [0.4, 0.5) is 0 Å². The summed E-state index contributed by atoms with van der Waals surface area (Å²) in [6.45, 7) is 4.33. The van der Waals surface area contributed by atoms with Crippen LogP contribution in [-0.2, 0) is 17.5 Å². The molecule has 0 spiro atoms. The third-order valence-corrected chi connectivity index (χ3v) is 4.15. The third kappa shape index (κ3) is 4.01. The molecule has 0 fully saturated rings. The van der Waals surface area contributed by atoms with Crippen LogP contribution in [-0.4, -0.2) is 13.9 Å². The average Bonchev–Trinajstić information content (AvgIpc) is 2.46. The standard InChI is InChI=1S/C17H21NO3S/c1-11(2)8-12-4-3-5-13(9-12)14-6-7-15(17(18)19)16(10-14)22(20)21/h3-7,9-11,17,19H,8,18H2,1-2H3,(H,20,21). The molecule has 4 N–H and O–H groups in total. The van der Waals surface area contributed by atoms with E-state index < -0.39 is 17.3 Å². The van der Waals surface area contributed by atoms with Gasteiger partial charge in [-0.2, -0.15) is 0 Å². The normalized spacial score (nSPS) is 14.1. The summed E-state index contributed by atoms with van der Waals surface area (Å²) in [5.74, 6) is 0.561. The highest BCUT2D eigenvalue weighted by molar-refractivity contribution is 7.79. The predicted octanol–water partition coefficient (Wildman–Crippen LogP) is 3.08. The Balaban J connectivity index is 2.45. The van der Waals surface area contributed by atoms with Crippen molar-refractivity contribution in [3.05, 3.63) is 53.6 Å². The third-order valence-electron chi connectivity index (χ3n) is 3.42. The van der Waals surface area contributed by atoms with Crippen LogP contribution in [0.2, 0.25) is 0 Å². The molecule has 118 valence electrons. The first kappa shape index (κ1) is 16.8. The van der Waals surface area contributed by atoms with E-state index in [9.17, 15) is 13.9 Å². The molecule has 0 aromatic heterocycles. The quantitative estimate of drug-likeness (QED) is 0.584. The van der Waals surface area contributed by atoms with Crippen molar-refractivity contribution >= 4 is 11.1 Å². The van der Waals surface area contributed by atoms with Gasteiger partial charge in [-0.25, -0.2) is 4.21 Å². The molecule has 0 aliphatic carbocycles. The molecule has 2 unspecified atom stereocenters. The Morgan fingerprint density at radius 1 is 1.14 bits per heavy atom. The van der Waals surface area contributed by atoms with Crippen molar-refractivity contribution in [3.8, 4) is 11.1 Å². The zero-order valence-electron chi connectivity index (χ0n) is 12.7. The highest BCUT2D eigenvalue weighted by Crippen LogP contribution is 2.27. The Bertz CT molecular complexity index is 683. The van der Waals surface area contributed by atoms with Gasteiger partial charge in [0.25, 0.3) is 0 Å². The van der Waals surface area contributed by atoms with Crippen molar-refractivity contribution in [2.75, 3.05) is 0 Å². The van der Waals surface area contributed by atoms with Gasteiger partial charge in [-0.3, -0.25) is 0 Å². The van der Waals surface area contributed by atoms with E-state index in [1.165, 1.54) is 5.56 Å².